The molecule has 1 amide bonds. The number of halogens is 3. The monoisotopic (exact) mass is 182 g/mol. The summed E-state index contributed by atoms with van der Waals surface area (Å²) in [6, 6.07) is -1.69. The molecular formula is C6H9F3N2O. The normalized spacial score (nSPS) is 26.2. The molecule has 0 aromatic heterocycles. The van der Waals surface area contributed by atoms with Gasteiger partial charge in [0.1, 0.15) is 6.04 Å². The maximum absolute atomic E-state index is 12.1. The first-order chi connectivity index (χ1) is 5.50. The van der Waals surface area contributed by atoms with Gasteiger partial charge in [-0.05, 0) is 0 Å². The second-order valence-electron chi connectivity index (χ2n) is 2.60. The fourth-order valence-corrected chi connectivity index (χ4v) is 1.01. The predicted molar refractivity (Wildman–Crippen MR) is 35.5 cm³/mol. The summed E-state index contributed by atoms with van der Waals surface area (Å²) in [7, 11) is 0. The molecule has 1 rings (SSSR count). The summed E-state index contributed by atoms with van der Waals surface area (Å²) in [4.78, 5) is 10.7. The van der Waals surface area contributed by atoms with Gasteiger partial charge in [0.25, 0.3) is 0 Å². The Labute approximate surface area is 67.3 Å². The van der Waals surface area contributed by atoms with Crippen molar-refractivity contribution in [3.63, 3.8) is 0 Å². The summed E-state index contributed by atoms with van der Waals surface area (Å²) in [5.74, 6) is -0.553. The van der Waals surface area contributed by atoms with E-state index < -0.39 is 24.5 Å². The first kappa shape index (κ1) is 9.31. The summed E-state index contributed by atoms with van der Waals surface area (Å²) < 4.78 is 36.2. The average Bonchev–Trinajstić information content (AvgIpc) is 2.11. The summed E-state index contributed by atoms with van der Waals surface area (Å²) in [5.41, 5.74) is 0. The van der Waals surface area contributed by atoms with Gasteiger partial charge in [0, 0.05) is 13.1 Å². The lowest BCUT2D eigenvalue weighted by molar-refractivity contribution is -0.160. The molecule has 0 aliphatic carbocycles. The van der Waals surface area contributed by atoms with Crippen LogP contribution in [0.25, 0.3) is 0 Å². The number of rotatable bonds is 0. The zero-order valence-electron chi connectivity index (χ0n) is 6.24. The molecule has 0 spiro atoms. The first-order valence-electron chi connectivity index (χ1n) is 3.57. The second-order valence-corrected chi connectivity index (χ2v) is 2.60. The Morgan fingerprint density at radius 2 is 2.00 bits per heavy atom. The highest BCUT2D eigenvalue weighted by Crippen LogP contribution is 2.22. The van der Waals surface area contributed by atoms with E-state index in [4.69, 9.17) is 0 Å². The molecule has 1 unspecified atom stereocenters. The first-order valence-corrected chi connectivity index (χ1v) is 3.57. The minimum absolute atomic E-state index is 0.163. The zero-order valence-corrected chi connectivity index (χ0v) is 6.24. The number of nitrogens with one attached hydrogen (secondary N) is 2. The molecule has 0 radical (unpaired) electrons. The number of hydrogen-bond donors (Lipinski definition) is 2. The third-order valence-corrected chi connectivity index (χ3v) is 1.62. The van der Waals surface area contributed by atoms with Crippen molar-refractivity contribution < 1.29 is 18.0 Å². The van der Waals surface area contributed by atoms with E-state index in [2.05, 4.69) is 10.6 Å². The van der Waals surface area contributed by atoms with E-state index in [-0.39, 0.29) is 13.1 Å². The van der Waals surface area contributed by atoms with E-state index in [1.165, 1.54) is 0 Å². The lowest BCUT2D eigenvalue weighted by atomic mass is 10.2. The van der Waals surface area contributed by atoms with Crippen molar-refractivity contribution in [3.8, 4) is 0 Å². The van der Waals surface area contributed by atoms with Crippen LogP contribution in [0.4, 0.5) is 13.2 Å². The van der Waals surface area contributed by atoms with Gasteiger partial charge in [-0.3, -0.25) is 4.79 Å². The standard InChI is InChI=1S/C6H9F3N2O/c7-6(8,9)4-3-5(12)11-2-1-10-4/h4,10H,1-3H2,(H,11,12). The van der Waals surface area contributed by atoms with Crippen LogP contribution >= 0.6 is 0 Å². The zero-order chi connectivity index (χ0) is 9.19. The van der Waals surface area contributed by atoms with Crippen LogP contribution in [0.5, 0.6) is 0 Å². The van der Waals surface area contributed by atoms with Gasteiger partial charge < -0.3 is 10.6 Å². The summed E-state index contributed by atoms with van der Waals surface area (Å²) >= 11 is 0. The highest BCUT2D eigenvalue weighted by Gasteiger charge is 2.41. The van der Waals surface area contributed by atoms with Crippen LogP contribution in [-0.2, 0) is 4.79 Å². The van der Waals surface area contributed by atoms with E-state index in [0.29, 0.717) is 0 Å². The van der Waals surface area contributed by atoms with Crippen LogP contribution < -0.4 is 10.6 Å². The molecule has 1 atom stereocenters. The van der Waals surface area contributed by atoms with E-state index in [0.717, 1.165) is 0 Å². The molecule has 2 N–H and O–H groups in total. The SMILES string of the molecule is O=C1CC(C(F)(F)F)NCCN1. The summed E-state index contributed by atoms with van der Waals surface area (Å²) in [6.07, 6.45) is -4.86. The Hall–Kier alpha value is -0.780. The Kier molecular flexibility index (Phi) is 2.56. The van der Waals surface area contributed by atoms with Gasteiger partial charge in [-0.15, -0.1) is 0 Å². The van der Waals surface area contributed by atoms with Crippen molar-refractivity contribution in [2.45, 2.75) is 18.6 Å². The fourth-order valence-electron chi connectivity index (χ4n) is 1.01. The molecule has 0 aromatic rings. The summed E-state index contributed by atoms with van der Waals surface area (Å²) in [5, 5.41) is 4.59. The molecule has 1 heterocycles. The van der Waals surface area contributed by atoms with Gasteiger partial charge >= 0.3 is 6.18 Å². The van der Waals surface area contributed by atoms with Crippen LogP contribution in [0.2, 0.25) is 0 Å². The van der Waals surface area contributed by atoms with Crippen molar-refractivity contribution >= 4 is 5.91 Å². The summed E-state index contributed by atoms with van der Waals surface area (Å²) in [6.45, 7) is 0.418. The quantitative estimate of drug-likeness (QED) is 0.554. The van der Waals surface area contributed by atoms with Crippen molar-refractivity contribution in [2.24, 2.45) is 0 Å². The van der Waals surface area contributed by atoms with Gasteiger partial charge in [0.05, 0.1) is 6.42 Å². The molecule has 3 nitrogen and oxygen atoms in total. The topological polar surface area (TPSA) is 41.1 Å². The van der Waals surface area contributed by atoms with Gasteiger partial charge in [0.2, 0.25) is 5.91 Å². The van der Waals surface area contributed by atoms with Gasteiger partial charge in [-0.2, -0.15) is 13.2 Å². The third-order valence-electron chi connectivity index (χ3n) is 1.62. The smallest absolute Gasteiger partial charge is 0.355 e. The number of hydrogen-bond acceptors (Lipinski definition) is 2. The number of carbonyl (C=O) groups is 1. The third kappa shape index (κ3) is 2.37. The van der Waals surface area contributed by atoms with Gasteiger partial charge in [0.15, 0.2) is 0 Å². The second kappa shape index (κ2) is 3.30. The molecule has 1 aliphatic rings. The fraction of sp³-hybridized carbons (Fsp3) is 0.833. The molecule has 70 valence electrons. The molecule has 0 aromatic carbocycles. The maximum atomic E-state index is 12.1. The maximum Gasteiger partial charge on any atom is 0.404 e. The minimum Gasteiger partial charge on any atom is -0.355 e. The lowest BCUT2D eigenvalue weighted by Gasteiger charge is -2.17. The van der Waals surface area contributed by atoms with Crippen molar-refractivity contribution in [1.82, 2.24) is 10.6 Å². The molecule has 1 saturated heterocycles. The van der Waals surface area contributed by atoms with Crippen LogP contribution in [-0.4, -0.2) is 31.2 Å². The molecule has 0 saturated carbocycles. The number of alkyl halides is 3. The van der Waals surface area contributed by atoms with E-state index in [9.17, 15) is 18.0 Å². The van der Waals surface area contributed by atoms with E-state index in [1.54, 1.807) is 0 Å². The Morgan fingerprint density at radius 1 is 1.33 bits per heavy atom. The van der Waals surface area contributed by atoms with Crippen LogP contribution in [0.3, 0.4) is 0 Å². The lowest BCUT2D eigenvalue weighted by Crippen LogP contribution is -2.42. The van der Waals surface area contributed by atoms with Crippen LogP contribution in [0, 0.1) is 0 Å². The van der Waals surface area contributed by atoms with E-state index in [1.807, 2.05) is 0 Å². The van der Waals surface area contributed by atoms with Gasteiger partial charge in [-0.1, -0.05) is 0 Å². The predicted octanol–water partition coefficient (Wildman–Crippen LogP) is 0.0268. The van der Waals surface area contributed by atoms with E-state index >= 15 is 0 Å². The molecule has 12 heavy (non-hydrogen) atoms. The largest absolute Gasteiger partial charge is 0.404 e. The van der Waals surface area contributed by atoms with Gasteiger partial charge in [-0.25, -0.2) is 0 Å². The molecular weight excluding hydrogens is 173 g/mol. The van der Waals surface area contributed by atoms with Crippen molar-refractivity contribution in [2.75, 3.05) is 13.1 Å². The minimum atomic E-state index is -4.33. The highest BCUT2D eigenvalue weighted by molar-refractivity contribution is 5.76. The van der Waals surface area contributed by atoms with Crippen molar-refractivity contribution in [3.05, 3.63) is 0 Å². The number of carbonyl (C=O) groups excluding carboxylic acids is 1. The molecule has 6 heteroatoms. The van der Waals surface area contributed by atoms with Crippen molar-refractivity contribution in [1.29, 1.82) is 0 Å². The molecule has 0 bridgehead atoms. The highest BCUT2D eigenvalue weighted by atomic mass is 19.4. The van der Waals surface area contributed by atoms with Crippen LogP contribution in [0.1, 0.15) is 6.42 Å². The molecule has 1 fully saturated rings. The molecule has 1 aliphatic heterocycles. The number of amides is 1. The Bertz CT molecular complexity index is 180. The Balaban J connectivity index is 2.58. The Morgan fingerprint density at radius 3 is 2.58 bits per heavy atom. The average molecular weight is 182 g/mol. The van der Waals surface area contributed by atoms with Crippen LogP contribution in [0.15, 0.2) is 0 Å².